The molecule has 6 nitrogen and oxygen atoms in total. The van der Waals surface area contributed by atoms with E-state index in [0.29, 0.717) is 24.8 Å². The van der Waals surface area contributed by atoms with Crippen molar-refractivity contribution in [1.29, 1.82) is 0 Å². The van der Waals surface area contributed by atoms with E-state index in [4.69, 9.17) is 14.2 Å². The molecule has 2 N–H and O–H groups in total. The van der Waals surface area contributed by atoms with Crippen molar-refractivity contribution < 1.29 is 14.2 Å². The molecule has 0 saturated carbocycles. The van der Waals surface area contributed by atoms with Gasteiger partial charge in [0, 0.05) is 25.7 Å². The smallest absolute Gasteiger partial charge is 0.191 e. The summed E-state index contributed by atoms with van der Waals surface area (Å²) in [6.07, 6.45) is 0. The first-order valence-corrected chi connectivity index (χ1v) is 7.99. The van der Waals surface area contributed by atoms with Gasteiger partial charge in [0.25, 0.3) is 0 Å². The Morgan fingerprint density at radius 1 is 0.880 bits per heavy atom. The summed E-state index contributed by atoms with van der Waals surface area (Å²) in [6, 6.07) is 13.7. The number of methoxy groups -OCH3 is 3. The van der Waals surface area contributed by atoms with Gasteiger partial charge in [-0.2, -0.15) is 0 Å². The van der Waals surface area contributed by atoms with Gasteiger partial charge < -0.3 is 24.8 Å². The highest BCUT2D eigenvalue weighted by Gasteiger charge is 2.09. The molecule has 2 rings (SSSR count). The number of benzene rings is 2. The molecule has 0 spiro atoms. The van der Waals surface area contributed by atoms with Gasteiger partial charge in [0.05, 0.1) is 21.3 Å². The van der Waals surface area contributed by atoms with Crippen molar-refractivity contribution in [3.8, 4) is 17.2 Å². The van der Waals surface area contributed by atoms with Crippen LogP contribution in [0, 0.1) is 0 Å². The SMILES string of the molecule is CN=C(NCc1ccc(OC)cc1)NCc1cccc(OC)c1OC. The number of nitrogens with one attached hydrogen (secondary N) is 2. The van der Waals surface area contributed by atoms with Crippen molar-refractivity contribution in [2.75, 3.05) is 28.4 Å². The fourth-order valence-corrected chi connectivity index (χ4v) is 2.42. The molecule has 0 fully saturated rings. The number of hydrogen-bond acceptors (Lipinski definition) is 4. The number of nitrogens with zero attached hydrogens (tertiary/aromatic N) is 1. The van der Waals surface area contributed by atoms with Gasteiger partial charge in [-0.05, 0) is 23.8 Å². The predicted octanol–water partition coefficient (Wildman–Crippen LogP) is 2.58. The second kappa shape index (κ2) is 9.42. The lowest BCUT2D eigenvalue weighted by atomic mass is 10.2. The molecule has 0 atom stereocenters. The fourth-order valence-electron chi connectivity index (χ4n) is 2.42. The zero-order chi connectivity index (χ0) is 18.1. The van der Waals surface area contributed by atoms with Crippen LogP contribution in [0.5, 0.6) is 17.2 Å². The summed E-state index contributed by atoms with van der Waals surface area (Å²) < 4.78 is 15.9. The second-order valence-corrected chi connectivity index (χ2v) is 5.28. The first-order chi connectivity index (χ1) is 12.2. The Morgan fingerprint density at radius 2 is 1.60 bits per heavy atom. The topological polar surface area (TPSA) is 64.1 Å². The van der Waals surface area contributed by atoms with E-state index in [1.807, 2.05) is 42.5 Å². The standard InChI is InChI=1S/C19H25N3O3/c1-20-19(21-12-14-8-10-16(23-2)11-9-14)22-13-15-6-5-7-17(24-3)18(15)25-4/h5-11H,12-13H2,1-4H3,(H2,20,21,22). The molecule has 6 heteroatoms. The normalized spacial score (nSPS) is 11.0. The molecule has 0 aromatic heterocycles. The third-order valence-corrected chi connectivity index (χ3v) is 3.77. The number of ether oxygens (including phenoxy) is 3. The van der Waals surface area contributed by atoms with Crippen LogP contribution >= 0.6 is 0 Å². The lowest BCUT2D eigenvalue weighted by Gasteiger charge is -2.15. The van der Waals surface area contributed by atoms with Crippen molar-refractivity contribution in [3.63, 3.8) is 0 Å². The lowest BCUT2D eigenvalue weighted by Crippen LogP contribution is -2.36. The van der Waals surface area contributed by atoms with Gasteiger partial charge in [0.15, 0.2) is 17.5 Å². The van der Waals surface area contributed by atoms with Gasteiger partial charge in [0.2, 0.25) is 0 Å². The Kier molecular flexibility index (Phi) is 6.95. The maximum atomic E-state index is 5.45. The Hall–Kier alpha value is -2.89. The van der Waals surface area contributed by atoms with E-state index < -0.39 is 0 Å². The maximum Gasteiger partial charge on any atom is 0.191 e. The largest absolute Gasteiger partial charge is 0.497 e. The molecule has 134 valence electrons. The average Bonchev–Trinajstić information content (AvgIpc) is 2.68. The molecule has 2 aromatic carbocycles. The average molecular weight is 343 g/mol. The van der Waals surface area contributed by atoms with E-state index in [-0.39, 0.29) is 0 Å². The highest BCUT2D eigenvalue weighted by Crippen LogP contribution is 2.30. The Morgan fingerprint density at radius 3 is 2.20 bits per heavy atom. The van der Waals surface area contributed by atoms with Crippen molar-refractivity contribution in [3.05, 3.63) is 53.6 Å². The second-order valence-electron chi connectivity index (χ2n) is 5.28. The van der Waals surface area contributed by atoms with Crippen LogP contribution < -0.4 is 24.8 Å². The van der Waals surface area contributed by atoms with Crippen molar-refractivity contribution in [2.24, 2.45) is 4.99 Å². The van der Waals surface area contributed by atoms with Crippen LogP contribution in [0.1, 0.15) is 11.1 Å². The molecule has 0 aliphatic heterocycles. The summed E-state index contributed by atoms with van der Waals surface area (Å²) in [7, 11) is 6.67. The lowest BCUT2D eigenvalue weighted by molar-refractivity contribution is 0.351. The molecule has 0 amide bonds. The Balaban J connectivity index is 1.94. The highest BCUT2D eigenvalue weighted by atomic mass is 16.5. The zero-order valence-electron chi connectivity index (χ0n) is 15.1. The van der Waals surface area contributed by atoms with Crippen LogP contribution in [-0.4, -0.2) is 34.3 Å². The molecular weight excluding hydrogens is 318 g/mol. The quantitative estimate of drug-likeness (QED) is 0.598. The van der Waals surface area contributed by atoms with Gasteiger partial charge in [-0.3, -0.25) is 4.99 Å². The summed E-state index contributed by atoms with van der Waals surface area (Å²) >= 11 is 0. The maximum absolute atomic E-state index is 5.45. The predicted molar refractivity (Wildman–Crippen MR) is 99.6 cm³/mol. The van der Waals surface area contributed by atoms with E-state index >= 15 is 0 Å². The number of rotatable bonds is 7. The number of para-hydroxylation sites is 1. The van der Waals surface area contributed by atoms with Crippen molar-refractivity contribution in [2.45, 2.75) is 13.1 Å². The number of hydrogen-bond donors (Lipinski definition) is 2. The third-order valence-electron chi connectivity index (χ3n) is 3.77. The Bertz CT molecular complexity index is 700. The molecule has 2 aromatic rings. The van der Waals surface area contributed by atoms with Crippen LogP contribution in [0.2, 0.25) is 0 Å². The minimum atomic E-state index is 0.572. The van der Waals surface area contributed by atoms with Crippen molar-refractivity contribution >= 4 is 5.96 Å². The van der Waals surface area contributed by atoms with Crippen LogP contribution in [0.3, 0.4) is 0 Å². The van der Waals surface area contributed by atoms with E-state index in [0.717, 1.165) is 22.6 Å². The monoisotopic (exact) mass is 343 g/mol. The molecule has 0 bridgehead atoms. The van der Waals surface area contributed by atoms with Crippen molar-refractivity contribution in [1.82, 2.24) is 10.6 Å². The molecule has 25 heavy (non-hydrogen) atoms. The summed E-state index contributed by atoms with van der Waals surface area (Å²) in [6.45, 7) is 1.24. The summed E-state index contributed by atoms with van der Waals surface area (Å²) in [5.41, 5.74) is 2.14. The molecule has 0 radical (unpaired) electrons. The van der Waals surface area contributed by atoms with Crippen LogP contribution in [0.4, 0.5) is 0 Å². The van der Waals surface area contributed by atoms with Gasteiger partial charge in [-0.15, -0.1) is 0 Å². The first kappa shape index (κ1) is 18.4. The third kappa shape index (κ3) is 5.04. The fraction of sp³-hybridized carbons (Fsp3) is 0.316. The van der Waals surface area contributed by atoms with Gasteiger partial charge in [-0.1, -0.05) is 24.3 Å². The highest BCUT2D eigenvalue weighted by molar-refractivity contribution is 5.79. The van der Waals surface area contributed by atoms with Crippen LogP contribution in [-0.2, 0) is 13.1 Å². The summed E-state index contributed by atoms with van der Waals surface area (Å²) in [5.74, 6) is 2.99. The van der Waals surface area contributed by atoms with E-state index in [1.165, 1.54) is 0 Å². The van der Waals surface area contributed by atoms with Gasteiger partial charge >= 0.3 is 0 Å². The summed E-state index contributed by atoms with van der Waals surface area (Å²) in [4.78, 5) is 4.25. The molecule has 0 saturated heterocycles. The summed E-state index contributed by atoms with van der Waals surface area (Å²) in [5, 5.41) is 6.57. The van der Waals surface area contributed by atoms with Gasteiger partial charge in [-0.25, -0.2) is 0 Å². The molecule has 0 aliphatic rings. The molecular formula is C19H25N3O3. The Labute approximate surface area is 148 Å². The number of aliphatic imine (C=N–C) groups is 1. The molecule has 0 aliphatic carbocycles. The van der Waals surface area contributed by atoms with Crippen LogP contribution in [0.25, 0.3) is 0 Å². The minimum absolute atomic E-state index is 0.572. The van der Waals surface area contributed by atoms with Crippen LogP contribution in [0.15, 0.2) is 47.5 Å². The minimum Gasteiger partial charge on any atom is -0.497 e. The van der Waals surface area contributed by atoms with E-state index in [9.17, 15) is 0 Å². The number of guanidine groups is 1. The first-order valence-electron chi connectivity index (χ1n) is 7.99. The van der Waals surface area contributed by atoms with E-state index in [1.54, 1.807) is 28.4 Å². The van der Waals surface area contributed by atoms with E-state index in [2.05, 4.69) is 15.6 Å². The molecule has 0 unspecified atom stereocenters. The molecule has 0 heterocycles. The zero-order valence-corrected chi connectivity index (χ0v) is 15.1. The van der Waals surface area contributed by atoms with Gasteiger partial charge in [0.1, 0.15) is 5.75 Å².